The molecule has 0 spiro atoms. The Morgan fingerprint density at radius 1 is 1.50 bits per heavy atom. The van der Waals surface area contributed by atoms with Gasteiger partial charge in [0.05, 0.1) is 17.6 Å². The second-order valence-corrected chi connectivity index (χ2v) is 4.37. The molecule has 2 heterocycles. The van der Waals surface area contributed by atoms with E-state index in [0.29, 0.717) is 11.0 Å². The van der Waals surface area contributed by atoms with Crippen molar-refractivity contribution in [2.24, 2.45) is 0 Å². The Balaban J connectivity index is 2.07. The number of benzene rings is 1. The lowest BCUT2D eigenvalue weighted by atomic mass is 10.1. The zero-order chi connectivity index (χ0) is 12.7. The molecule has 0 saturated carbocycles. The first-order valence-corrected chi connectivity index (χ1v) is 5.77. The summed E-state index contributed by atoms with van der Waals surface area (Å²) < 4.78 is 5.36. The number of likely N-dealkylation sites (N-methyl/N-ethyl adjacent to an activating group) is 1. The molecule has 0 aliphatic carbocycles. The Kier molecular flexibility index (Phi) is 2.48. The van der Waals surface area contributed by atoms with Crippen molar-refractivity contribution in [1.82, 2.24) is 9.97 Å². The lowest BCUT2D eigenvalue weighted by Gasteiger charge is -2.26. The van der Waals surface area contributed by atoms with Crippen LogP contribution in [0, 0.1) is 0 Å². The van der Waals surface area contributed by atoms with Crippen LogP contribution in [-0.2, 0) is 4.79 Å². The number of carbonyl (C=O) groups excluding carboxylic acids is 1. The van der Waals surface area contributed by atoms with Gasteiger partial charge in [0.2, 0.25) is 0 Å². The number of hydrogen-bond donors (Lipinski definition) is 1. The predicted octanol–water partition coefficient (Wildman–Crippen LogP) is 2.09. The Hall–Kier alpha value is -2.01. The normalized spacial score (nSPS) is 14.3. The van der Waals surface area contributed by atoms with E-state index >= 15 is 0 Å². The third-order valence-electron chi connectivity index (χ3n) is 2.90. The molecule has 18 heavy (non-hydrogen) atoms. The monoisotopic (exact) mass is 263 g/mol. The van der Waals surface area contributed by atoms with Crippen molar-refractivity contribution < 1.29 is 9.53 Å². The van der Waals surface area contributed by atoms with Crippen LogP contribution >= 0.6 is 11.6 Å². The summed E-state index contributed by atoms with van der Waals surface area (Å²) in [6, 6.07) is 5.60. The number of aromatic nitrogens is 2. The molecule has 92 valence electrons. The molecule has 1 amide bonds. The Morgan fingerprint density at radius 2 is 2.33 bits per heavy atom. The number of H-pyrrole nitrogens is 1. The summed E-state index contributed by atoms with van der Waals surface area (Å²) in [6.45, 7) is 0.0821. The minimum Gasteiger partial charge on any atom is -0.482 e. The summed E-state index contributed by atoms with van der Waals surface area (Å²) in [6.07, 6.45) is 1.65. The number of ether oxygens (including phenoxy) is 1. The number of nitrogens with one attached hydrogen (secondary N) is 1. The molecule has 1 aromatic carbocycles. The van der Waals surface area contributed by atoms with Crippen LogP contribution in [0.5, 0.6) is 5.75 Å². The fourth-order valence-electron chi connectivity index (χ4n) is 1.88. The number of halogens is 1. The second-order valence-electron chi connectivity index (χ2n) is 4.01. The van der Waals surface area contributed by atoms with Gasteiger partial charge < -0.3 is 14.6 Å². The number of fused-ring (bicyclic) bond motifs is 1. The Bertz CT molecular complexity index is 624. The fourth-order valence-corrected chi connectivity index (χ4v) is 2.03. The van der Waals surface area contributed by atoms with Crippen molar-refractivity contribution >= 4 is 23.2 Å². The van der Waals surface area contributed by atoms with E-state index in [9.17, 15) is 4.79 Å². The van der Waals surface area contributed by atoms with Crippen LogP contribution in [0.2, 0.25) is 5.28 Å². The third-order valence-corrected chi connectivity index (χ3v) is 3.09. The van der Waals surface area contributed by atoms with Gasteiger partial charge in [0.15, 0.2) is 11.9 Å². The molecule has 0 unspecified atom stereocenters. The van der Waals surface area contributed by atoms with E-state index in [0.717, 1.165) is 16.9 Å². The Labute approximate surface area is 108 Å². The van der Waals surface area contributed by atoms with Crippen LogP contribution in [0.3, 0.4) is 0 Å². The predicted molar refractivity (Wildman–Crippen MR) is 67.9 cm³/mol. The van der Waals surface area contributed by atoms with E-state index in [2.05, 4.69) is 9.97 Å². The zero-order valence-corrected chi connectivity index (χ0v) is 10.4. The van der Waals surface area contributed by atoms with Gasteiger partial charge in [-0.1, -0.05) is 0 Å². The van der Waals surface area contributed by atoms with Crippen LogP contribution in [0.25, 0.3) is 11.3 Å². The summed E-state index contributed by atoms with van der Waals surface area (Å²) >= 11 is 5.75. The van der Waals surface area contributed by atoms with E-state index in [1.165, 1.54) is 0 Å². The molecule has 0 saturated heterocycles. The summed E-state index contributed by atoms with van der Waals surface area (Å²) in [4.78, 5) is 20.0. The van der Waals surface area contributed by atoms with Crippen molar-refractivity contribution in [3.8, 4) is 17.0 Å². The topological polar surface area (TPSA) is 58.2 Å². The lowest BCUT2D eigenvalue weighted by molar-refractivity contribution is -0.120. The van der Waals surface area contributed by atoms with Crippen LogP contribution in [0.4, 0.5) is 5.69 Å². The van der Waals surface area contributed by atoms with E-state index in [4.69, 9.17) is 16.3 Å². The second kappa shape index (κ2) is 4.03. The number of imidazole rings is 1. The van der Waals surface area contributed by atoms with Gasteiger partial charge in [0.1, 0.15) is 5.75 Å². The van der Waals surface area contributed by atoms with Gasteiger partial charge in [-0.05, 0) is 29.8 Å². The highest BCUT2D eigenvalue weighted by atomic mass is 35.5. The van der Waals surface area contributed by atoms with Crippen LogP contribution < -0.4 is 9.64 Å². The summed E-state index contributed by atoms with van der Waals surface area (Å²) in [7, 11) is 1.73. The Morgan fingerprint density at radius 3 is 3.06 bits per heavy atom. The van der Waals surface area contributed by atoms with Crippen LogP contribution in [0.15, 0.2) is 24.4 Å². The maximum absolute atomic E-state index is 11.6. The standard InChI is InChI=1S/C12H10ClN3O2/c1-16-9-4-7(8-5-14-12(13)15-8)2-3-10(9)18-6-11(16)17/h2-5H,6H2,1H3,(H,14,15). The highest BCUT2D eigenvalue weighted by Gasteiger charge is 2.22. The largest absolute Gasteiger partial charge is 0.482 e. The summed E-state index contributed by atoms with van der Waals surface area (Å²) in [5.41, 5.74) is 2.45. The minimum absolute atomic E-state index is 0.0673. The number of anilines is 1. The zero-order valence-electron chi connectivity index (χ0n) is 9.61. The highest BCUT2D eigenvalue weighted by molar-refractivity contribution is 6.28. The molecule has 6 heteroatoms. The molecule has 5 nitrogen and oxygen atoms in total. The molecular weight excluding hydrogens is 254 g/mol. The number of carbonyl (C=O) groups is 1. The van der Waals surface area contributed by atoms with E-state index < -0.39 is 0 Å². The first kappa shape index (κ1) is 11.1. The molecule has 1 aromatic heterocycles. The van der Waals surface area contributed by atoms with Crippen LogP contribution in [0.1, 0.15) is 0 Å². The molecule has 2 aromatic rings. The van der Waals surface area contributed by atoms with E-state index in [-0.39, 0.29) is 12.5 Å². The molecule has 1 aliphatic heterocycles. The summed E-state index contributed by atoms with van der Waals surface area (Å²) in [5.74, 6) is 0.633. The molecular formula is C12H10ClN3O2. The van der Waals surface area contributed by atoms with Crippen molar-refractivity contribution in [1.29, 1.82) is 0 Å². The molecule has 0 bridgehead atoms. The van der Waals surface area contributed by atoms with E-state index in [1.807, 2.05) is 18.2 Å². The molecule has 0 atom stereocenters. The molecule has 0 radical (unpaired) electrons. The molecule has 3 rings (SSSR count). The number of amides is 1. The van der Waals surface area contributed by atoms with Crippen LogP contribution in [-0.4, -0.2) is 29.5 Å². The summed E-state index contributed by atoms with van der Waals surface area (Å²) in [5, 5.41) is 0.336. The smallest absolute Gasteiger partial charge is 0.264 e. The van der Waals surface area contributed by atoms with Gasteiger partial charge in [-0.25, -0.2) is 4.98 Å². The number of rotatable bonds is 1. The minimum atomic E-state index is -0.0673. The lowest BCUT2D eigenvalue weighted by Crippen LogP contribution is -2.35. The van der Waals surface area contributed by atoms with Crippen molar-refractivity contribution in [2.75, 3.05) is 18.6 Å². The van der Waals surface area contributed by atoms with Gasteiger partial charge in [0.25, 0.3) is 5.91 Å². The van der Waals surface area contributed by atoms with E-state index in [1.54, 1.807) is 18.1 Å². The van der Waals surface area contributed by atoms with Gasteiger partial charge in [0, 0.05) is 12.6 Å². The van der Waals surface area contributed by atoms with Crippen molar-refractivity contribution in [3.63, 3.8) is 0 Å². The first-order valence-electron chi connectivity index (χ1n) is 5.39. The fraction of sp³-hybridized carbons (Fsp3) is 0.167. The van der Waals surface area contributed by atoms with Gasteiger partial charge in [-0.2, -0.15) is 0 Å². The average Bonchev–Trinajstić information content (AvgIpc) is 2.80. The van der Waals surface area contributed by atoms with Crippen molar-refractivity contribution in [2.45, 2.75) is 0 Å². The number of hydrogen-bond acceptors (Lipinski definition) is 3. The van der Waals surface area contributed by atoms with Crippen molar-refractivity contribution in [3.05, 3.63) is 29.7 Å². The molecule has 1 aliphatic rings. The first-order chi connectivity index (χ1) is 8.65. The average molecular weight is 264 g/mol. The number of nitrogens with zero attached hydrogens (tertiary/aromatic N) is 2. The third kappa shape index (κ3) is 1.73. The van der Waals surface area contributed by atoms with Gasteiger partial charge >= 0.3 is 0 Å². The SMILES string of the molecule is CN1C(=O)COc2ccc(-c3cnc(Cl)[nH]3)cc21. The maximum atomic E-state index is 11.6. The molecule has 0 fully saturated rings. The number of aromatic amines is 1. The molecule has 1 N–H and O–H groups in total. The quantitative estimate of drug-likeness (QED) is 0.857. The van der Waals surface area contributed by atoms with Gasteiger partial charge in [-0.3, -0.25) is 4.79 Å². The van der Waals surface area contributed by atoms with Gasteiger partial charge in [-0.15, -0.1) is 0 Å². The maximum Gasteiger partial charge on any atom is 0.264 e. The highest BCUT2D eigenvalue weighted by Crippen LogP contribution is 2.34.